The van der Waals surface area contributed by atoms with Crippen LogP contribution in [0.5, 0.6) is 0 Å². The molecule has 8 heteroatoms. The van der Waals surface area contributed by atoms with Crippen LogP contribution >= 0.6 is 0 Å². The van der Waals surface area contributed by atoms with Crippen molar-refractivity contribution in [3.05, 3.63) is 40.9 Å². The van der Waals surface area contributed by atoms with E-state index in [9.17, 15) is 14.4 Å². The summed E-state index contributed by atoms with van der Waals surface area (Å²) < 4.78 is 6.02. The van der Waals surface area contributed by atoms with Crippen molar-refractivity contribution in [2.45, 2.75) is 32.9 Å². The van der Waals surface area contributed by atoms with Gasteiger partial charge in [0.25, 0.3) is 0 Å². The zero-order chi connectivity index (χ0) is 18.4. The summed E-state index contributed by atoms with van der Waals surface area (Å²) in [7, 11) is 1.51. The van der Waals surface area contributed by atoms with Gasteiger partial charge in [-0.25, -0.2) is 4.79 Å². The van der Waals surface area contributed by atoms with E-state index in [0.717, 1.165) is 4.68 Å². The molecule has 0 aliphatic heterocycles. The Balaban J connectivity index is 2.08. The lowest BCUT2D eigenvalue weighted by atomic mass is 10.0. The third-order valence-electron chi connectivity index (χ3n) is 3.53. The highest BCUT2D eigenvalue weighted by molar-refractivity contribution is 5.87. The number of nitrogens with zero attached hydrogens (tertiary/aromatic N) is 2. The van der Waals surface area contributed by atoms with E-state index in [-0.39, 0.29) is 24.3 Å². The van der Waals surface area contributed by atoms with E-state index in [2.05, 4.69) is 15.7 Å². The Morgan fingerprint density at radius 2 is 1.92 bits per heavy atom. The lowest BCUT2D eigenvalue weighted by Crippen LogP contribution is -2.47. The van der Waals surface area contributed by atoms with Crippen molar-refractivity contribution in [1.82, 2.24) is 20.4 Å². The summed E-state index contributed by atoms with van der Waals surface area (Å²) in [6.45, 7) is 3.59. The van der Waals surface area contributed by atoms with Crippen molar-refractivity contribution in [3.8, 4) is 11.5 Å². The molecule has 0 saturated heterocycles. The molecule has 2 aromatic rings. The van der Waals surface area contributed by atoms with Crippen LogP contribution in [0, 0.1) is 5.92 Å². The first-order valence-corrected chi connectivity index (χ1v) is 8.05. The Labute approximate surface area is 145 Å². The van der Waals surface area contributed by atoms with Crippen molar-refractivity contribution in [3.63, 3.8) is 0 Å². The fraction of sp³-hybridized carbons (Fsp3) is 0.412. The predicted octanol–water partition coefficient (Wildman–Crippen LogP) is 0.780. The number of aromatic nitrogens is 2. The lowest BCUT2D eigenvalue weighted by Gasteiger charge is -2.18. The van der Waals surface area contributed by atoms with Gasteiger partial charge in [-0.3, -0.25) is 9.59 Å². The summed E-state index contributed by atoms with van der Waals surface area (Å²) >= 11 is 0. The molecule has 0 fully saturated rings. The number of likely N-dealkylation sites (N-methyl/N-ethyl adjacent to an activating group) is 1. The normalized spacial score (nSPS) is 12.0. The van der Waals surface area contributed by atoms with E-state index < -0.39 is 17.7 Å². The van der Waals surface area contributed by atoms with Crippen LogP contribution in [-0.2, 0) is 16.1 Å². The van der Waals surface area contributed by atoms with Crippen molar-refractivity contribution in [2.24, 2.45) is 5.92 Å². The van der Waals surface area contributed by atoms with Crippen LogP contribution in [0.1, 0.15) is 20.3 Å². The van der Waals surface area contributed by atoms with E-state index in [1.165, 1.54) is 7.05 Å². The molecule has 0 spiro atoms. The van der Waals surface area contributed by atoms with E-state index in [1.54, 1.807) is 24.3 Å². The fourth-order valence-corrected chi connectivity index (χ4v) is 2.36. The Kier molecular flexibility index (Phi) is 6.10. The van der Waals surface area contributed by atoms with Crippen LogP contribution in [0.2, 0.25) is 0 Å². The minimum absolute atomic E-state index is 0.142. The molecule has 0 aliphatic carbocycles. The van der Waals surface area contributed by atoms with Gasteiger partial charge in [-0.2, -0.15) is 4.68 Å². The maximum atomic E-state index is 12.2. The highest BCUT2D eigenvalue weighted by Gasteiger charge is 2.22. The molecule has 2 amide bonds. The minimum Gasteiger partial charge on any atom is -0.388 e. The van der Waals surface area contributed by atoms with Gasteiger partial charge in [-0.05, 0) is 24.5 Å². The molecule has 1 atom stereocenters. The zero-order valence-corrected chi connectivity index (χ0v) is 14.5. The van der Waals surface area contributed by atoms with Gasteiger partial charge in [-0.1, -0.05) is 32.0 Å². The SMILES string of the molecule is CNC(=O)[C@@H](CC(C)C)NC(=O)Cn1nc(-c2ccccc2)oc1=O. The molecule has 0 saturated carbocycles. The number of carbonyl (C=O) groups is 2. The van der Waals surface area contributed by atoms with Crippen LogP contribution in [0.25, 0.3) is 11.5 Å². The Morgan fingerprint density at radius 3 is 2.52 bits per heavy atom. The topological polar surface area (TPSA) is 106 Å². The number of amides is 2. The summed E-state index contributed by atoms with van der Waals surface area (Å²) in [5.41, 5.74) is 0.641. The van der Waals surface area contributed by atoms with Crippen LogP contribution in [0.4, 0.5) is 0 Å². The molecule has 0 unspecified atom stereocenters. The number of rotatable bonds is 7. The summed E-state index contributed by atoms with van der Waals surface area (Å²) in [5.74, 6) is -1.12. The van der Waals surface area contributed by atoms with Crippen LogP contribution in [-0.4, -0.2) is 34.7 Å². The summed E-state index contributed by atoms with van der Waals surface area (Å²) in [6.07, 6.45) is 0.494. The van der Waals surface area contributed by atoms with Gasteiger partial charge in [0.15, 0.2) is 0 Å². The molecule has 0 radical (unpaired) electrons. The van der Waals surface area contributed by atoms with Gasteiger partial charge in [0.05, 0.1) is 0 Å². The average molecular weight is 346 g/mol. The molecule has 25 heavy (non-hydrogen) atoms. The number of hydrogen-bond acceptors (Lipinski definition) is 5. The number of nitrogens with one attached hydrogen (secondary N) is 2. The van der Waals surface area contributed by atoms with E-state index >= 15 is 0 Å². The van der Waals surface area contributed by atoms with Gasteiger partial charge < -0.3 is 15.1 Å². The first-order valence-electron chi connectivity index (χ1n) is 8.05. The highest BCUT2D eigenvalue weighted by atomic mass is 16.4. The second-order valence-corrected chi connectivity index (χ2v) is 6.06. The van der Waals surface area contributed by atoms with Gasteiger partial charge in [0.1, 0.15) is 12.6 Å². The Hall–Kier alpha value is -2.90. The molecule has 1 aromatic carbocycles. The largest absolute Gasteiger partial charge is 0.437 e. The Bertz CT molecular complexity index is 779. The second-order valence-electron chi connectivity index (χ2n) is 6.06. The van der Waals surface area contributed by atoms with Gasteiger partial charge in [0.2, 0.25) is 17.7 Å². The maximum Gasteiger partial charge on any atom is 0.437 e. The summed E-state index contributed by atoms with van der Waals surface area (Å²) in [5, 5.41) is 9.18. The van der Waals surface area contributed by atoms with Gasteiger partial charge >= 0.3 is 5.76 Å². The molecule has 2 rings (SSSR count). The van der Waals surface area contributed by atoms with Crippen LogP contribution in [0.15, 0.2) is 39.5 Å². The minimum atomic E-state index is -0.727. The van der Waals surface area contributed by atoms with E-state index in [4.69, 9.17) is 4.42 Å². The van der Waals surface area contributed by atoms with Crippen molar-refractivity contribution in [2.75, 3.05) is 7.05 Å². The highest BCUT2D eigenvalue weighted by Crippen LogP contribution is 2.13. The Morgan fingerprint density at radius 1 is 1.24 bits per heavy atom. The van der Waals surface area contributed by atoms with Crippen LogP contribution in [0.3, 0.4) is 0 Å². The van der Waals surface area contributed by atoms with Crippen molar-refractivity contribution < 1.29 is 14.0 Å². The second kappa shape index (κ2) is 8.27. The number of benzene rings is 1. The van der Waals surface area contributed by atoms with Crippen molar-refractivity contribution >= 4 is 11.8 Å². The van der Waals surface area contributed by atoms with Gasteiger partial charge in [-0.15, -0.1) is 5.10 Å². The monoisotopic (exact) mass is 346 g/mol. The van der Waals surface area contributed by atoms with Gasteiger partial charge in [0, 0.05) is 12.6 Å². The van der Waals surface area contributed by atoms with E-state index in [0.29, 0.717) is 12.0 Å². The first-order chi connectivity index (χ1) is 11.9. The molecule has 1 heterocycles. The third kappa shape index (κ3) is 5.03. The molecular weight excluding hydrogens is 324 g/mol. The molecule has 1 aromatic heterocycles. The molecule has 0 bridgehead atoms. The predicted molar refractivity (Wildman–Crippen MR) is 91.7 cm³/mol. The first kappa shape index (κ1) is 18.4. The standard InChI is InChI=1S/C17H22N4O4/c1-11(2)9-13(15(23)18-3)19-14(22)10-21-17(24)25-16(20-21)12-7-5-4-6-8-12/h4-8,11,13H,9-10H2,1-3H3,(H,18,23)(H,19,22)/t13-/m1/s1. The quantitative estimate of drug-likeness (QED) is 0.770. The third-order valence-corrected chi connectivity index (χ3v) is 3.53. The smallest absolute Gasteiger partial charge is 0.388 e. The molecule has 8 nitrogen and oxygen atoms in total. The average Bonchev–Trinajstić information content (AvgIpc) is 2.94. The van der Waals surface area contributed by atoms with Crippen LogP contribution < -0.4 is 16.4 Å². The van der Waals surface area contributed by atoms with Crippen molar-refractivity contribution in [1.29, 1.82) is 0 Å². The fourth-order valence-electron chi connectivity index (χ4n) is 2.36. The van der Waals surface area contributed by atoms with E-state index in [1.807, 2.05) is 19.9 Å². The number of hydrogen-bond donors (Lipinski definition) is 2. The molecule has 134 valence electrons. The molecular formula is C17H22N4O4. The molecule has 2 N–H and O–H groups in total. The number of carbonyl (C=O) groups excluding carboxylic acids is 2. The summed E-state index contributed by atoms with van der Waals surface area (Å²) in [4.78, 5) is 35.9. The summed E-state index contributed by atoms with van der Waals surface area (Å²) in [6, 6.07) is 8.26. The molecule has 0 aliphatic rings. The maximum absolute atomic E-state index is 12.2. The zero-order valence-electron chi connectivity index (χ0n) is 14.5. The lowest BCUT2D eigenvalue weighted by molar-refractivity contribution is -0.129.